The van der Waals surface area contributed by atoms with Gasteiger partial charge in [-0.15, -0.1) is 0 Å². The first-order chi connectivity index (χ1) is 17.4. The molecule has 0 amide bonds. The molecule has 2 atom stereocenters. The van der Waals surface area contributed by atoms with Crippen molar-refractivity contribution in [2.24, 2.45) is 11.1 Å². The Hall–Kier alpha value is -3.62. The van der Waals surface area contributed by atoms with Crippen LogP contribution in [0.4, 0.5) is 19.1 Å². The Morgan fingerprint density at radius 2 is 2.06 bits per heavy atom. The molecule has 1 spiro atoms. The third-order valence-corrected chi connectivity index (χ3v) is 7.51. The van der Waals surface area contributed by atoms with Crippen molar-refractivity contribution in [3.05, 3.63) is 53.2 Å². The summed E-state index contributed by atoms with van der Waals surface area (Å²) in [7, 11) is 0. The summed E-state index contributed by atoms with van der Waals surface area (Å²) in [5.74, 6) is 5.16. The molecule has 1 aromatic carbocycles. The summed E-state index contributed by atoms with van der Waals surface area (Å²) in [6.07, 6.45) is 2.43. The fraction of sp³-hybridized carbons (Fsp3) is 0.400. The second kappa shape index (κ2) is 8.50. The number of aromatic nitrogens is 5. The van der Waals surface area contributed by atoms with E-state index >= 15 is 0 Å². The first-order valence-corrected chi connectivity index (χ1v) is 11.8. The van der Waals surface area contributed by atoms with Crippen LogP contribution in [0.15, 0.2) is 30.6 Å². The standard InChI is InChI=1S/C25H24F3N7O/c1-14-20(29)25(13-36-14)7-10-34(11-8-25)24-31-22-18(23-30-9-12-35(23)24)17(32-33-22)6-5-15-3-2-4-16(19(15)26)21(27)28/h2-4,9,12,14,20-21H,7-8,10-11,13,29H2,1H3,(H,32,33)/t14-,20+/m0/s1. The summed E-state index contributed by atoms with van der Waals surface area (Å²) in [6.45, 7) is 4.25. The lowest BCUT2D eigenvalue weighted by Gasteiger charge is -2.41. The van der Waals surface area contributed by atoms with Gasteiger partial charge in [0.15, 0.2) is 11.3 Å². The minimum Gasteiger partial charge on any atom is -0.376 e. The molecular formula is C25H24F3N7O. The molecule has 5 heterocycles. The Morgan fingerprint density at radius 1 is 1.25 bits per heavy atom. The van der Waals surface area contributed by atoms with Crippen LogP contribution in [-0.2, 0) is 4.74 Å². The number of ether oxygens (including phenoxy) is 1. The number of alkyl halides is 2. The van der Waals surface area contributed by atoms with E-state index < -0.39 is 17.8 Å². The Balaban J connectivity index is 1.34. The highest BCUT2D eigenvalue weighted by molar-refractivity contribution is 5.94. The van der Waals surface area contributed by atoms with Crippen molar-refractivity contribution in [2.45, 2.75) is 38.3 Å². The van der Waals surface area contributed by atoms with Crippen LogP contribution < -0.4 is 10.6 Å². The van der Waals surface area contributed by atoms with Crippen LogP contribution in [0, 0.1) is 23.1 Å². The summed E-state index contributed by atoms with van der Waals surface area (Å²) >= 11 is 0. The fourth-order valence-electron chi connectivity index (χ4n) is 5.31. The van der Waals surface area contributed by atoms with Gasteiger partial charge < -0.3 is 15.4 Å². The summed E-state index contributed by atoms with van der Waals surface area (Å²) in [5, 5.41) is 7.73. The van der Waals surface area contributed by atoms with Crippen LogP contribution in [0.5, 0.6) is 0 Å². The number of nitrogens with one attached hydrogen (secondary N) is 1. The number of nitrogens with zero attached hydrogens (tertiary/aromatic N) is 5. The minimum absolute atomic E-state index is 0.0138. The van der Waals surface area contributed by atoms with Gasteiger partial charge in [0.25, 0.3) is 6.43 Å². The minimum atomic E-state index is -2.92. The van der Waals surface area contributed by atoms with Gasteiger partial charge in [-0.3, -0.25) is 9.50 Å². The molecule has 0 bridgehead atoms. The van der Waals surface area contributed by atoms with Crippen molar-refractivity contribution in [1.29, 1.82) is 0 Å². The molecule has 0 unspecified atom stereocenters. The highest BCUT2D eigenvalue weighted by Gasteiger charge is 2.47. The maximum Gasteiger partial charge on any atom is 0.266 e. The second-order valence-corrected chi connectivity index (χ2v) is 9.48. The molecule has 2 saturated heterocycles. The van der Waals surface area contributed by atoms with Crippen LogP contribution in [0.1, 0.15) is 43.0 Å². The van der Waals surface area contributed by atoms with Crippen molar-refractivity contribution < 1.29 is 17.9 Å². The van der Waals surface area contributed by atoms with Gasteiger partial charge in [0.1, 0.15) is 11.5 Å². The molecule has 3 N–H and O–H groups in total. The van der Waals surface area contributed by atoms with Gasteiger partial charge in [-0.1, -0.05) is 18.1 Å². The molecule has 4 aromatic rings. The molecule has 0 aliphatic carbocycles. The zero-order chi connectivity index (χ0) is 25.0. The molecule has 6 rings (SSSR count). The maximum absolute atomic E-state index is 14.4. The number of aromatic amines is 1. The van der Waals surface area contributed by atoms with Crippen LogP contribution in [-0.4, -0.2) is 56.4 Å². The molecule has 36 heavy (non-hydrogen) atoms. The lowest BCUT2D eigenvalue weighted by atomic mass is 9.73. The second-order valence-electron chi connectivity index (χ2n) is 9.48. The van der Waals surface area contributed by atoms with Gasteiger partial charge in [0, 0.05) is 36.9 Å². The van der Waals surface area contributed by atoms with E-state index in [4.69, 9.17) is 15.5 Å². The number of hydrogen-bond donors (Lipinski definition) is 2. The van der Waals surface area contributed by atoms with Gasteiger partial charge in [-0.05, 0) is 31.8 Å². The van der Waals surface area contributed by atoms with E-state index in [0.717, 1.165) is 32.0 Å². The van der Waals surface area contributed by atoms with Gasteiger partial charge in [-0.25, -0.2) is 18.2 Å². The van der Waals surface area contributed by atoms with Gasteiger partial charge in [0.05, 0.1) is 29.2 Å². The molecular weight excluding hydrogens is 471 g/mol. The third-order valence-electron chi connectivity index (χ3n) is 7.51. The van der Waals surface area contributed by atoms with Crippen molar-refractivity contribution in [2.75, 3.05) is 24.6 Å². The number of halogens is 3. The fourth-order valence-corrected chi connectivity index (χ4v) is 5.31. The molecule has 186 valence electrons. The Labute approximate surface area is 204 Å². The average molecular weight is 496 g/mol. The van der Waals surface area contributed by atoms with Crippen LogP contribution >= 0.6 is 0 Å². The highest BCUT2D eigenvalue weighted by atomic mass is 19.3. The molecule has 11 heteroatoms. The van der Waals surface area contributed by atoms with Gasteiger partial charge in [0.2, 0.25) is 5.95 Å². The number of rotatable bonds is 2. The normalized spacial score (nSPS) is 21.6. The quantitative estimate of drug-likeness (QED) is 0.414. The number of benzene rings is 1. The predicted octanol–water partition coefficient (Wildman–Crippen LogP) is 3.41. The van der Waals surface area contributed by atoms with E-state index in [0.29, 0.717) is 34.9 Å². The number of nitrogens with two attached hydrogens (primary N) is 1. The number of fused-ring (bicyclic) bond motifs is 3. The number of H-pyrrole nitrogens is 1. The zero-order valence-corrected chi connectivity index (χ0v) is 19.5. The average Bonchev–Trinajstić information content (AvgIpc) is 3.58. The molecule has 3 aromatic heterocycles. The monoisotopic (exact) mass is 495 g/mol. The summed E-state index contributed by atoms with van der Waals surface area (Å²) in [6, 6.07) is 3.78. The lowest BCUT2D eigenvalue weighted by Crippen LogP contribution is -2.51. The number of anilines is 1. The van der Waals surface area contributed by atoms with Crippen LogP contribution in [0.2, 0.25) is 0 Å². The Bertz CT molecular complexity index is 1510. The third kappa shape index (κ3) is 3.51. The van der Waals surface area contributed by atoms with E-state index in [2.05, 4.69) is 31.9 Å². The first-order valence-electron chi connectivity index (χ1n) is 11.8. The zero-order valence-electron chi connectivity index (χ0n) is 19.5. The van der Waals surface area contributed by atoms with E-state index in [9.17, 15) is 13.2 Å². The van der Waals surface area contributed by atoms with Crippen molar-refractivity contribution in [1.82, 2.24) is 24.6 Å². The topological polar surface area (TPSA) is 97.4 Å². The molecule has 8 nitrogen and oxygen atoms in total. The largest absolute Gasteiger partial charge is 0.376 e. The summed E-state index contributed by atoms with van der Waals surface area (Å²) in [5.41, 5.74) is 7.05. The molecule has 2 aliphatic heterocycles. The number of hydrogen-bond acceptors (Lipinski definition) is 6. The van der Waals surface area contributed by atoms with Gasteiger partial charge >= 0.3 is 0 Å². The SMILES string of the molecule is C[C@@H]1OCC2(CCN(c3nc4n[nH]c(C#Cc5cccc(C(F)F)c5F)c4c4nccn34)CC2)[C@@H]1N. The van der Waals surface area contributed by atoms with Crippen LogP contribution in [0.3, 0.4) is 0 Å². The van der Waals surface area contributed by atoms with E-state index in [-0.39, 0.29) is 23.1 Å². The van der Waals surface area contributed by atoms with Crippen LogP contribution in [0.25, 0.3) is 16.7 Å². The number of imidazole rings is 1. The summed E-state index contributed by atoms with van der Waals surface area (Å²) < 4.78 is 48.2. The molecule has 2 fully saturated rings. The van der Waals surface area contributed by atoms with Crippen molar-refractivity contribution >= 4 is 22.6 Å². The molecule has 0 radical (unpaired) electrons. The van der Waals surface area contributed by atoms with E-state index in [1.54, 1.807) is 6.20 Å². The number of piperidine rings is 1. The Kier molecular flexibility index (Phi) is 5.39. The van der Waals surface area contributed by atoms with Gasteiger partial charge in [-0.2, -0.15) is 10.1 Å². The predicted molar refractivity (Wildman–Crippen MR) is 127 cm³/mol. The van der Waals surface area contributed by atoms with Crippen molar-refractivity contribution in [3.63, 3.8) is 0 Å². The smallest absolute Gasteiger partial charge is 0.266 e. The van der Waals surface area contributed by atoms with Crippen molar-refractivity contribution in [3.8, 4) is 11.8 Å². The molecule has 2 aliphatic rings. The summed E-state index contributed by atoms with van der Waals surface area (Å²) in [4.78, 5) is 11.5. The molecule has 0 saturated carbocycles. The lowest BCUT2D eigenvalue weighted by molar-refractivity contribution is 0.0973. The Morgan fingerprint density at radius 3 is 2.78 bits per heavy atom. The first kappa shape index (κ1) is 22.8. The van der Waals surface area contributed by atoms with E-state index in [1.807, 2.05) is 17.5 Å². The van der Waals surface area contributed by atoms with E-state index in [1.165, 1.54) is 12.1 Å². The highest BCUT2D eigenvalue weighted by Crippen LogP contribution is 2.42. The maximum atomic E-state index is 14.4.